The molecule has 2 N–H and O–H groups in total. The monoisotopic (exact) mass is 217 g/mol. The van der Waals surface area contributed by atoms with E-state index < -0.39 is 0 Å². The van der Waals surface area contributed by atoms with Crippen molar-refractivity contribution in [3.8, 4) is 5.82 Å². The van der Waals surface area contributed by atoms with Crippen molar-refractivity contribution in [3.05, 3.63) is 30.2 Å². The molecule has 6 heteroatoms. The first-order valence-corrected chi connectivity index (χ1v) is 5.21. The van der Waals surface area contributed by atoms with Gasteiger partial charge in [-0.05, 0) is 11.4 Å². The number of imidazole rings is 1. The Hall–Kier alpha value is -1.95. The molecule has 0 saturated carbocycles. The van der Waals surface area contributed by atoms with Gasteiger partial charge in [-0.15, -0.1) is 11.3 Å². The number of anilines is 1. The van der Waals surface area contributed by atoms with E-state index in [4.69, 9.17) is 5.73 Å². The van der Waals surface area contributed by atoms with Gasteiger partial charge in [0, 0.05) is 12.4 Å². The van der Waals surface area contributed by atoms with E-state index in [2.05, 4.69) is 15.0 Å². The Balaban J connectivity index is 2.38. The molecule has 0 aliphatic heterocycles. The van der Waals surface area contributed by atoms with Crippen molar-refractivity contribution >= 4 is 27.5 Å². The molecule has 74 valence electrons. The minimum Gasteiger partial charge on any atom is -0.368 e. The molecule has 3 aromatic rings. The molecule has 0 saturated heterocycles. The zero-order valence-corrected chi connectivity index (χ0v) is 8.48. The van der Waals surface area contributed by atoms with Crippen molar-refractivity contribution < 1.29 is 0 Å². The van der Waals surface area contributed by atoms with Crippen molar-refractivity contribution in [3.63, 3.8) is 0 Å². The topological polar surface area (TPSA) is 69.6 Å². The zero-order chi connectivity index (χ0) is 10.3. The molecule has 0 spiro atoms. The van der Waals surface area contributed by atoms with Crippen LogP contribution in [0.1, 0.15) is 0 Å². The van der Waals surface area contributed by atoms with Crippen LogP contribution in [0, 0.1) is 0 Å². The Morgan fingerprint density at radius 3 is 3.07 bits per heavy atom. The molecular formula is C9H7N5S. The second-order valence-corrected chi connectivity index (χ2v) is 3.91. The van der Waals surface area contributed by atoms with Crippen LogP contribution in [0.25, 0.3) is 16.0 Å². The van der Waals surface area contributed by atoms with E-state index in [0.717, 1.165) is 16.0 Å². The molecule has 0 aromatic carbocycles. The van der Waals surface area contributed by atoms with E-state index in [1.165, 1.54) is 0 Å². The summed E-state index contributed by atoms with van der Waals surface area (Å²) in [7, 11) is 0. The summed E-state index contributed by atoms with van der Waals surface area (Å²) in [6, 6.07) is 1.98. The molecule has 0 bridgehead atoms. The second-order valence-electron chi connectivity index (χ2n) is 3.01. The van der Waals surface area contributed by atoms with Gasteiger partial charge < -0.3 is 5.73 Å². The molecule has 15 heavy (non-hydrogen) atoms. The quantitative estimate of drug-likeness (QED) is 0.670. The molecule has 0 amide bonds. The van der Waals surface area contributed by atoms with Gasteiger partial charge in [-0.25, -0.2) is 9.97 Å². The molecular weight excluding hydrogens is 210 g/mol. The number of nitrogens with zero attached hydrogens (tertiary/aromatic N) is 4. The Labute approximate surface area is 89.2 Å². The Kier molecular flexibility index (Phi) is 1.69. The van der Waals surface area contributed by atoms with Crippen molar-refractivity contribution in [2.75, 3.05) is 5.73 Å². The number of nitrogen functional groups attached to an aromatic ring is 1. The maximum Gasteiger partial charge on any atom is 0.223 e. The van der Waals surface area contributed by atoms with Crippen LogP contribution in [-0.4, -0.2) is 19.5 Å². The van der Waals surface area contributed by atoms with E-state index in [9.17, 15) is 0 Å². The first-order chi connectivity index (χ1) is 7.34. The minimum absolute atomic E-state index is 0.286. The molecule has 3 aromatic heterocycles. The Morgan fingerprint density at radius 1 is 1.33 bits per heavy atom. The molecule has 0 fully saturated rings. The van der Waals surface area contributed by atoms with Crippen LogP contribution in [-0.2, 0) is 0 Å². The number of fused-ring (bicyclic) bond motifs is 1. The summed E-state index contributed by atoms with van der Waals surface area (Å²) in [5.74, 6) is 1.06. The number of nitrogens with two attached hydrogens (primary N) is 1. The third-order valence-electron chi connectivity index (χ3n) is 2.07. The van der Waals surface area contributed by atoms with Crippen molar-refractivity contribution in [2.24, 2.45) is 0 Å². The molecule has 0 unspecified atom stereocenters. The fraction of sp³-hybridized carbons (Fsp3) is 0. The molecule has 5 nitrogen and oxygen atoms in total. The smallest absolute Gasteiger partial charge is 0.223 e. The summed E-state index contributed by atoms with van der Waals surface area (Å²) in [6.07, 6.45) is 5.23. The van der Waals surface area contributed by atoms with Gasteiger partial charge in [-0.1, -0.05) is 0 Å². The predicted molar refractivity (Wildman–Crippen MR) is 58.9 cm³/mol. The zero-order valence-electron chi connectivity index (χ0n) is 7.66. The molecule has 3 rings (SSSR count). The van der Waals surface area contributed by atoms with Crippen LogP contribution in [0.3, 0.4) is 0 Å². The number of rotatable bonds is 1. The fourth-order valence-corrected chi connectivity index (χ4v) is 2.20. The second kappa shape index (κ2) is 3.03. The highest BCUT2D eigenvalue weighted by atomic mass is 32.1. The summed E-state index contributed by atoms with van der Waals surface area (Å²) in [5.41, 5.74) is 5.64. The van der Waals surface area contributed by atoms with Gasteiger partial charge in [0.2, 0.25) is 5.95 Å². The number of hydrogen-bond acceptors (Lipinski definition) is 5. The SMILES string of the molecule is Nc1nc(-n2ccnc2)c2ccsc2n1. The first kappa shape index (κ1) is 8.37. The molecule has 0 aliphatic carbocycles. The lowest BCUT2D eigenvalue weighted by atomic mass is 10.4. The highest BCUT2D eigenvalue weighted by Crippen LogP contribution is 2.24. The predicted octanol–water partition coefficient (Wildman–Crippen LogP) is 1.46. The van der Waals surface area contributed by atoms with Crippen LogP contribution in [0.5, 0.6) is 0 Å². The van der Waals surface area contributed by atoms with Gasteiger partial charge in [-0.3, -0.25) is 4.57 Å². The van der Waals surface area contributed by atoms with Crippen molar-refractivity contribution in [1.82, 2.24) is 19.5 Å². The van der Waals surface area contributed by atoms with Gasteiger partial charge in [0.25, 0.3) is 0 Å². The molecule has 0 atom stereocenters. The van der Waals surface area contributed by atoms with Gasteiger partial charge >= 0.3 is 0 Å². The van der Waals surface area contributed by atoms with E-state index in [-0.39, 0.29) is 5.95 Å². The van der Waals surface area contributed by atoms with Crippen LogP contribution in [0.15, 0.2) is 30.2 Å². The van der Waals surface area contributed by atoms with Crippen LogP contribution >= 0.6 is 11.3 Å². The molecule has 0 aliphatic rings. The summed E-state index contributed by atoms with van der Waals surface area (Å²) >= 11 is 1.55. The Bertz CT molecular complexity index is 598. The van der Waals surface area contributed by atoms with E-state index >= 15 is 0 Å². The molecule has 3 heterocycles. The standard InChI is InChI=1S/C9H7N5S/c10-9-12-7(14-3-2-11-5-14)6-1-4-15-8(6)13-9/h1-5H,(H2,10,12,13). The number of hydrogen-bond donors (Lipinski definition) is 1. The maximum absolute atomic E-state index is 5.64. The lowest BCUT2D eigenvalue weighted by molar-refractivity contribution is 1.00. The average Bonchev–Trinajstić information content (AvgIpc) is 2.86. The van der Waals surface area contributed by atoms with Crippen molar-refractivity contribution in [2.45, 2.75) is 0 Å². The number of aromatic nitrogens is 4. The fourth-order valence-electron chi connectivity index (χ4n) is 1.44. The molecule has 0 radical (unpaired) electrons. The summed E-state index contributed by atoms with van der Waals surface area (Å²) < 4.78 is 1.83. The summed E-state index contributed by atoms with van der Waals surface area (Å²) in [5, 5.41) is 2.96. The highest BCUT2D eigenvalue weighted by molar-refractivity contribution is 7.16. The third-order valence-corrected chi connectivity index (χ3v) is 2.88. The van der Waals surface area contributed by atoms with E-state index in [0.29, 0.717) is 0 Å². The van der Waals surface area contributed by atoms with Crippen molar-refractivity contribution in [1.29, 1.82) is 0 Å². The average molecular weight is 217 g/mol. The van der Waals surface area contributed by atoms with Gasteiger partial charge in [-0.2, -0.15) is 4.98 Å². The van der Waals surface area contributed by atoms with E-state index in [1.54, 1.807) is 23.9 Å². The number of thiophene rings is 1. The maximum atomic E-state index is 5.64. The minimum atomic E-state index is 0.286. The van der Waals surface area contributed by atoms with Crippen LogP contribution < -0.4 is 5.73 Å². The normalized spacial score (nSPS) is 10.9. The van der Waals surface area contributed by atoms with Gasteiger partial charge in [0.05, 0.1) is 5.39 Å². The summed E-state index contributed by atoms with van der Waals surface area (Å²) in [6.45, 7) is 0. The van der Waals surface area contributed by atoms with E-state index in [1.807, 2.05) is 22.2 Å². The highest BCUT2D eigenvalue weighted by Gasteiger charge is 2.08. The lowest BCUT2D eigenvalue weighted by Crippen LogP contribution is -2.01. The van der Waals surface area contributed by atoms with Crippen LogP contribution in [0.4, 0.5) is 5.95 Å². The largest absolute Gasteiger partial charge is 0.368 e. The third kappa shape index (κ3) is 1.26. The van der Waals surface area contributed by atoms with Gasteiger partial charge in [0.15, 0.2) is 5.82 Å². The Morgan fingerprint density at radius 2 is 2.27 bits per heavy atom. The lowest BCUT2D eigenvalue weighted by Gasteiger charge is -2.03. The van der Waals surface area contributed by atoms with Gasteiger partial charge in [0.1, 0.15) is 11.2 Å². The van der Waals surface area contributed by atoms with Crippen LogP contribution in [0.2, 0.25) is 0 Å². The first-order valence-electron chi connectivity index (χ1n) is 4.33. The summed E-state index contributed by atoms with van der Waals surface area (Å²) in [4.78, 5) is 13.2.